The van der Waals surface area contributed by atoms with Crippen LogP contribution >= 0.6 is 31.9 Å². The first-order chi connectivity index (χ1) is 6.58. The molecular formula is C8H4Br2N2O2. The molecule has 0 saturated carbocycles. The van der Waals surface area contributed by atoms with Gasteiger partial charge in [-0.3, -0.25) is 9.78 Å². The fourth-order valence-corrected chi connectivity index (χ4v) is 2.63. The van der Waals surface area contributed by atoms with E-state index in [9.17, 15) is 9.59 Å². The highest BCUT2D eigenvalue weighted by atomic mass is 79.9. The van der Waals surface area contributed by atoms with Crippen molar-refractivity contribution >= 4 is 42.8 Å². The zero-order valence-electron chi connectivity index (χ0n) is 6.73. The third kappa shape index (κ3) is 1.55. The number of H-pyrrole nitrogens is 2. The second kappa shape index (κ2) is 3.36. The third-order valence-electron chi connectivity index (χ3n) is 1.76. The maximum absolute atomic E-state index is 11.4. The van der Waals surface area contributed by atoms with Gasteiger partial charge in [-0.1, -0.05) is 15.9 Å². The lowest BCUT2D eigenvalue weighted by Crippen LogP contribution is -2.22. The van der Waals surface area contributed by atoms with E-state index in [1.165, 1.54) is 0 Å². The quantitative estimate of drug-likeness (QED) is 0.777. The first-order valence-corrected chi connectivity index (χ1v) is 5.28. The Hall–Kier alpha value is -0.880. The van der Waals surface area contributed by atoms with Crippen molar-refractivity contribution < 1.29 is 0 Å². The van der Waals surface area contributed by atoms with Gasteiger partial charge in [-0.25, -0.2) is 4.79 Å². The van der Waals surface area contributed by atoms with Crippen LogP contribution in [-0.4, -0.2) is 9.97 Å². The summed E-state index contributed by atoms with van der Waals surface area (Å²) in [6.45, 7) is 0. The summed E-state index contributed by atoms with van der Waals surface area (Å²) in [5, 5.41) is 0.438. The summed E-state index contributed by atoms with van der Waals surface area (Å²) in [4.78, 5) is 27.1. The smallest absolute Gasteiger partial charge is 0.307 e. The van der Waals surface area contributed by atoms with Gasteiger partial charge in [0, 0.05) is 8.95 Å². The predicted octanol–water partition coefficient (Wildman–Crippen LogP) is 1.74. The number of benzene rings is 1. The van der Waals surface area contributed by atoms with Crippen LogP contribution in [0.2, 0.25) is 0 Å². The van der Waals surface area contributed by atoms with Crippen molar-refractivity contribution in [3.05, 3.63) is 41.9 Å². The fourth-order valence-electron chi connectivity index (χ4n) is 1.22. The summed E-state index contributed by atoms with van der Waals surface area (Å²) in [6.07, 6.45) is 0. The summed E-state index contributed by atoms with van der Waals surface area (Å²) < 4.78 is 1.43. The second-order valence-electron chi connectivity index (χ2n) is 2.72. The van der Waals surface area contributed by atoms with Gasteiger partial charge in [-0.2, -0.15) is 0 Å². The molecule has 0 spiro atoms. The molecule has 2 rings (SSSR count). The van der Waals surface area contributed by atoms with E-state index in [1.54, 1.807) is 12.1 Å². The third-order valence-corrected chi connectivity index (χ3v) is 2.84. The van der Waals surface area contributed by atoms with Gasteiger partial charge in [-0.15, -0.1) is 0 Å². The molecule has 0 radical (unpaired) electrons. The Kier molecular flexibility index (Phi) is 2.32. The van der Waals surface area contributed by atoms with Gasteiger partial charge in [0.15, 0.2) is 0 Å². The van der Waals surface area contributed by atoms with Crippen LogP contribution in [0.5, 0.6) is 0 Å². The summed E-state index contributed by atoms with van der Waals surface area (Å²) in [5.41, 5.74) is -0.407. The molecule has 2 N–H and O–H groups in total. The molecule has 0 aliphatic heterocycles. The van der Waals surface area contributed by atoms with E-state index in [1.807, 2.05) is 0 Å². The minimum absolute atomic E-state index is 0.400. The number of rotatable bonds is 0. The van der Waals surface area contributed by atoms with E-state index < -0.39 is 11.2 Å². The minimum Gasteiger partial charge on any atom is -0.307 e. The Bertz CT molecular complexity index is 615. The molecule has 0 atom stereocenters. The van der Waals surface area contributed by atoms with E-state index in [4.69, 9.17) is 0 Å². The summed E-state index contributed by atoms with van der Waals surface area (Å²) in [5.74, 6) is 0. The first kappa shape index (κ1) is 9.67. The molecule has 14 heavy (non-hydrogen) atoms. The number of hydrogen-bond acceptors (Lipinski definition) is 2. The fraction of sp³-hybridized carbons (Fsp3) is 0. The Morgan fingerprint density at radius 2 is 1.79 bits per heavy atom. The normalized spacial score (nSPS) is 10.7. The van der Waals surface area contributed by atoms with Gasteiger partial charge in [0.25, 0.3) is 5.56 Å². The van der Waals surface area contributed by atoms with Crippen LogP contribution in [0, 0.1) is 0 Å². The lowest BCUT2D eigenvalue weighted by Gasteiger charge is -1.99. The van der Waals surface area contributed by atoms with Crippen molar-refractivity contribution in [2.24, 2.45) is 0 Å². The largest absolute Gasteiger partial charge is 0.326 e. The van der Waals surface area contributed by atoms with Crippen LogP contribution < -0.4 is 11.2 Å². The Balaban J connectivity index is 3.10. The Morgan fingerprint density at radius 3 is 2.50 bits per heavy atom. The summed E-state index contributed by atoms with van der Waals surface area (Å²) in [6, 6.07) is 3.42. The van der Waals surface area contributed by atoms with Gasteiger partial charge in [0.1, 0.15) is 0 Å². The van der Waals surface area contributed by atoms with Gasteiger partial charge in [0.2, 0.25) is 0 Å². The molecule has 1 heterocycles. The van der Waals surface area contributed by atoms with Crippen molar-refractivity contribution in [1.82, 2.24) is 9.97 Å². The molecule has 0 bridgehead atoms. The van der Waals surface area contributed by atoms with E-state index in [0.717, 1.165) is 4.47 Å². The molecule has 0 amide bonds. The Morgan fingerprint density at radius 1 is 1.07 bits per heavy atom. The molecule has 1 aromatic heterocycles. The number of hydrogen-bond donors (Lipinski definition) is 2. The van der Waals surface area contributed by atoms with E-state index >= 15 is 0 Å². The van der Waals surface area contributed by atoms with Crippen molar-refractivity contribution in [1.29, 1.82) is 0 Å². The van der Waals surface area contributed by atoms with Crippen LogP contribution in [0.3, 0.4) is 0 Å². The molecule has 0 fully saturated rings. The van der Waals surface area contributed by atoms with Gasteiger partial charge >= 0.3 is 5.69 Å². The number of halogens is 2. The monoisotopic (exact) mass is 318 g/mol. The molecule has 1 aromatic carbocycles. The van der Waals surface area contributed by atoms with Gasteiger partial charge < -0.3 is 4.98 Å². The molecule has 6 heteroatoms. The van der Waals surface area contributed by atoms with E-state index in [-0.39, 0.29) is 0 Å². The van der Waals surface area contributed by atoms with Crippen LogP contribution in [0.1, 0.15) is 0 Å². The predicted molar refractivity (Wildman–Crippen MR) is 60.6 cm³/mol. The van der Waals surface area contributed by atoms with Crippen LogP contribution in [0.15, 0.2) is 30.7 Å². The van der Waals surface area contributed by atoms with Crippen LogP contribution in [0.25, 0.3) is 10.9 Å². The van der Waals surface area contributed by atoms with Crippen LogP contribution in [0.4, 0.5) is 0 Å². The second-order valence-corrected chi connectivity index (χ2v) is 4.49. The number of nitrogens with one attached hydrogen (secondary N) is 2. The van der Waals surface area contributed by atoms with E-state index in [2.05, 4.69) is 41.8 Å². The average molecular weight is 320 g/mol. The zero-order chi connectivity index (χ0) is 10.3. The molecule has 2 aromatic rings. The van der Waals surface area contributed by atoms with Gasteiger partial charge in [0.05, 0.1) is 10.9 Å². The SMILES string of the molecule is O=c1[nH]c(=O)c2c(Br)cc(Br)cc2[nH]1. The maximum atomic E-state index is 11.4. The maximum Gasteiger partial charge on any atom is 0.326 e. The highest BCUT2D eigenvalue weighted by Crippen LogP contribution is 2.23. The molecule has 0 aliphatic carbocycles. The van der Waals surface area contributed by atoms with E-state index in [0.29, 0.717) is 15.4 Å². The highest BCUT2D eigenvalue weighted by Gasteiger charge is 2.05. The Labute approximate surface area is 94.6 Å². The highest BCUT2D eigenvalue weighted by molar-refractivity contribution is 9.11. The number of aromatic amines is 2. The number of fused-ring (bicyclic) bond motifs is 1. The molecular weight excluding hydrogens is 316 g/mol. The molecule has 0 saturated heterocycles. The molecule has 0 unspecified atom stereocenters. The molecule has 0 aliphatic rings. The zero-order valence-corrected chi connectivity index (χ0v) is 9.90. The standard InChI is InChI=1S/C8H4Br2N2O2/c9-3-1-4(10)6-5(2-3)11-8(14)12-7(6)13/h1-2H,(H2,11,12,13,14). The van der Waals surface area contributed by atoms with Crippen molar-refractivity contribution in [2.75, 3.05) is 0 Å². The van der Waals surface area contributed by atoms with Gasteiger partial charge in [-0.05, 0) is 28.1 Å². The molecule has 4 nitrogen and oxygen atoms in total. The topological polar surface area (TPSA) is 65.7 Å². The summed E-state index contributed by atoms with van der Waals surface area (Å²) in [7, 11) is 0. The van der Waals surface area contributed by atoms with Crippen molar-refractivity contribution in [3.63, 3.8) is 0 Å². The minimum atomic E-state index is -0.507. The van der Waals surface area contributed by atoms with Crippen molar-refractivity contribution in [2.45, 2.75) is 0 Å². The first-order valence-electron chi connectivity index (χ1n) is 3.69. The number of aromatic nitrogens is 2. The summed E-state index contributed by atoms with van der Waals surface area (Å²) >= 11 is 6.52. The molecule has 72 valence electrons. The lowest BCUT2D eigenvalue weighted by atomic mass is 10.2. The lowest BCUT2D eigenvalue weighted by molar-refractivity contribution is 1.08. The average Bonchev–Trinajstić information content (AvgIpc) is 1.99. The van der Waals surface area contributed by atoms with Crippen molar-refractivity contribution in [3.8, 4) is 0 Å². The van der Waals surface area contributed by atoms with Crippen LogP contribution in [-0.2, 0) is 0 Å².